The molecule has 0 spiro atoms. The molecule has 0 aliphatic rings. The van der Waals surface area contributed by atoms with Gasteiger partial charge in [-0.25, -0.2) is 13.4 Å². The molecule has 204 valence electrons. The Kier molecular flexibility index (Phi) is 8.51. The van der Waals surface area contributed by atoms with Crippen LogP contribution in [0.5, 0.6) is 17.2 Å². The number of nitrogens with one attached hydrogen (secondary N) is 1. The summed E-state index contributed by atoms with van der Waals surface area (Å²) in [6.07, 6.45) is 0.626. The Hall–Kier alpha value is -3.96. The number of hydrogen-bond donors (Lipinski definition) is 1. The van der Waals surface area contributed by atoms with E-state index in [1.807, 2.05) is 12.1 Å². The smallest absolute Gasteiger partial charge is 0.271 e. The van der Waals surface area contributed by atoms with E-state index in [9.17, 15) is 13.2 Å². The molecule has 1 amide bonds. The summed E-state index contributed by atoms with van der Waals surface area (Å²) in [4.78, 5) is 22.2. The fraction of sp³-hybridized carbons (Fsp3) is 0.250. The average Bonchev–Trinajstić information content (AvgIpc) is 3.32. The Morgan fingerprint density at radius 2 is 1.64 bits per heavy atom. The van der Waals surface area contributed by atoms with Crippen LogP contribution in [0.4, 0.5) is 5.13 Å². The molecule has 1 atom stereocenters. The fourth-order valence-electron chi connectivity index (χ4n) is 3.77. The van der Waals surface area contributed by atoms with Crippen LogP contribution in [0.1, 0.15) is 31.1 Å². The largest absolute Gasteiger partial charge is 0.493 e. The number of nitrogens with zero attached hydrogens (tertiary/aromatic N) is 2. The van der Waals surface area contributed by atoms with Gasteiger partial charge in [0.1, 0.15) is 5.75 Å². The molecule has 0 aliphatic carbocycles. The van der Waals surface area contributed by atoms with Crippen molar-refractivity contribution in [3.05, 3.63) is 71.8 Å². The number of aliphatic imine (C=N–C) groups is 1. The van der Waals surface area contributed by atoms with Gasteiger partial charge in [0.05, 0.1) is 34.6 Å². The van der Waals surface area contributed by atoms with Crippen LogP contribution in [0.15, 0.2) is 70.6 Å². The molecular weight excluding hydrogens is 538 g/mol. The van der Waals surface area contributed by atoms with Crippen molar-refractivity contribution in [2.45, 2.75) is 30.1 Å². The van der Waals surface area contributed by atoms with E-state index in [0.29, 0.717) is 33.5 Å². The Balaban J connectivity index is 1.66. The zero-order valence-corrected chi connectivity index (χ0v) is 23.8. The normalized spacial score (nSPS) is 12.6. The number of fused-ring (bicyclic) bond motifs is 1. The Bertz CT molecular complexity index is 1550. The first-order valence-corrected chi connectivity index (χ1v) is 14.4. The second-order valence-corrected chi connectivity index (χ2v) is 12.3. The molecule has 1 aromatic heterocycles. The average molecular weight is 568 g/mol. The molecule has 3 aromatic carbocycles. The fourth-order valence-corrected chi connectivity index (χ4v) is 5.71. The van der Waals surface area contributed by atoms with E-state index in [-0.39, 0.29) is 4.90 Å². The molecule has 1 unspecified atom stereocenters. The lowest BCUT2D eigenvalue weighted by molar-refractivity contribution is -0.123. The molecule has 39 heavy (non-hydrogen) atoms. The number of thiazole rings is 1. The summed E-state index contributed by atoms with van der Waals surface area (Å²) >= 11 is 1.28. The van der Waals surface area contributed by atoms with Gasteiger partial charge in [0.2, 0.25) is 6.10 Å². The summed E-state index contributed by atoms with van der Waals surface area (Å²) in [6, 6.07) is 16.8. The number of amides is 1. The topological polar surface area (TPSA) is 116 Å². The van der Waals surface area contributed by atoms with Gasteiger partial charge in [-0.3, -0.25) is 15.1 Å². The van der Waals surface area contributed by atoms with Crippen molar-refractivity contribution in [3.8, 4) is 17.2 Å². The summed E-state index contributed by atoms with van der Waals surface area (Å²) in [5, 5.41) is 2.64. The first-order chi connectivity index (χ1) is 18.7. The summed E-state index contributed by atoms with van der Waals surface area (Å²) < 4.78 is 42.8. The van der Waals surface area contributed by atoms with Crippen molar-refractivity contribution in [3.63, 3.8) is 0 Å². The zero-order valence-electron chi connectivity index (χ0n) is 22.2. The molecule has 0 aliphatic heterocycles. The van der Waals surface area contributed by atoms with E-state index in [1.165, 1.54) is 23.5 Å². The van der Waals surface area contributed by atoms with Crippen molar-refractivity contribution in [1.82, 2.24) is 4.98 Å². The van der Waals surface area contributed by atoms with Crippen LogP contribution in [0, 0.1) is 0 Å². The number of methoxy groups -OCH3 is 2. The van der Waals surface area contributed by atoms with Crippen molar-refractivity contribution in [1.29, 1.82) is 0 Å². The second-order valence-electron chi connectivity index (χ2n) is 8.80. The van der Waals surface area contributed by atoms with Crippen LogP contribution < -0.4 is 19.5 Å². The zero-order chi connectivity index (χ0) is 28.2. The number of sulfone groups is 1. The van der Waals surface area contributed by atoms with E-state index in [1.54, 1.807) is 77.7 Å². The molecule has 0 fully saturated rings. The van der Waals surface area contributed by atoms with Crippen LogP contribution in [0.3, 0.4) is 0 Å². The molecular formula is C28H29N3O6S2. The summed E-state index contributed by atoms with van der Waals surface area (Å²) in [6.45, 7) is 3.25. The molecule has 0 saturated carbocycles. The quantitative estimate of drug-likeness (QED) is 0.258. The van der Waals surface area contributed by atoms with Gasteiger partial charge in [0.25, 0.3) is 5.91 Å². The molecule has 0 saturated heterocycles. The molecule has 0 bridgehead atoms. The van der Waals surface area contributed by atoms with E-state index >= 15 is 0 Å². The maximum Gasteiger partial charge on any atom is 0.271 e. The molecule has 11 heteroatoms. The van der Waals surface area contributed by atoms with Gasteiger partial charge in [0, 0.05) is 31.0 Å². The number of carbonyl (C=O) groups excluding carboxylic acids is 1. The molecule has 4 rings (SSSR count). The van der Waals surface area contributed by atoms with Crippen LogP contribution in [0.25, 0.3) is 10.2 Å². The number of aromatic nitrogens is 1. The number of ether oxygens (including phenoxy) is 3. The van der Waals surface area contributed by atoms with Crippen molar-refractivity contribution < 1.29 is 27.4 Å². The first-order valence-electron chi connectivity index (χ1n) is 12.0. The van der Waals surface area contributed by atoms with E-state index in [2.05, 4.69) is 15.3 Å². The predicted molar refractivity (Wildman–Crippen MR) is 153 cm³/mol. The van der Waals surface area contributed by atoms with Crippen molar-refractivity contribution in [2.75, 3.05) is 26.6 Å². The molecule has 4 aromatic rings. The highest BCUT2D eigenvalue weighted by atomic mass is 32.2. The second kappa shape index (κ2) is 11.8. The van der Waals surface area contributed by atoms with Crippen molar-refractivity contribution in [2.24, 2.45) is 4.99 Å². The van der Waals surface area contributed by atoms with Crippen LogP contribution in [-0.4, -0.2) is 52.0 Å². The lowest BCUT2D eigenvalue weighted by Crippen LogP contribution is -2.26. The lowest BCUT2D eigenvalue weighted by atomic mass is 10.1. The molecule has 9 nitrogen and oxygen atoms in total. The Morgan fingerprint density at radius 1 is 1.00 bits per heavy atom. The number of carbonyl (C=O) groups is 1. The van der Waals surface area contributed by atoms with Gasteiger partial charge >= 0.3 is 0 Å². The Labute approximate surface area is 231 Å². The minimum absolute atomic E-state index is 0.178. The maximum atomic E-state index is 13.5. The number of anilines is 1. The third-order valence-corrected chi connectivity index (χ3v) is 9.01. The summed E-state index contributed by atoms with van der Waals surface area (Å²) in [7, 11) is 1.31. The minimum Gasteiger partial charge on any atom is -0.493 e. The third-order valence-electron chi connectivity index (χ3n) is 5.91. The van der Waals surface area contributed by atoms with E-state index in [0.717, 1.165) is 10.3 Å². The SMILES string of the molecule is C/N=C/c1ccc(OC(C(=O)Nc2nc3cc(OC)c(OC)cc3s2)c2ccc(S(=O)(=O)C(C)C)cc2)cc1. The highest BCUT2D eigenvalue weighted by Gasteiger charge is 2.26. The summed E-state index contributed by atoms with van der Waals surface area (Å²) in [5.41, 5.74) is 2.01. The van der Waals surface area contributed by atoms with Crippen LogP contribution in [0.2, 0.25) is 0 Å². The minimum atomic E-state index is -3.47. The van der Waals surface area contributed by atoms with Gasteiger partial charge in [-0.1, -0.05) is 23.5 Å². The molecule has 1 N–H and O–H groups in total. The number of benzene rings is 3. The van der Waals surface area contributed by atoms with Gasteiger partial charge in [-0.2, -0.15) is 0 Å². The van der Waals surface area contributed by atoms with E-state index in [4.69, 9.17) is 14.2 Å². The molecule has 1 heterocycles. The number of rotatable bonds is 10. The maximum absolute atomic E-state index is 13.5. The van der Waals surface area contributed by atoms with Gasteiger partial charge in [-0.05, 0) is 55.8 Å². The first kappa shape index (κ1) is 28.1. The van der Waals surface area contributed by atoms with Crippen molar-refractivity contribution >= 4 is 48.6 Å². The van der Waals surface area contributed by atoms with Gasteiger partial charge < -0.3 is 14.2 Å². The van der Waals surface area contributed by atoms with Gasteiger partial charge in [0.15, 0.2) is 26.5 Å². The highest BCUT2D eigenvalue weighted by Crippen LogP contribution is 2.36. The standard InChI is InChI=1S/C28H29N3O6S2/c1-17(2)39(33,34)21-12-8-19(9-13-21)26(37-20-10-6-18(7-11-20)16-29-3)27(32)31-28-30-22-14-23(35-4)24(36-5)15-25(22)38-28/h6-17,26H,1-5H3,(H,30,31,32)/b29-16+. The van der Waals surface area contributed by atoms with E-state index < -0.39 is 27.1 Å². The lowest BCUT2D eigenvalue weighted by Gasteiger charge is -2.19. The Morgan fingerprint density at radius 3 is 2.23 bits per heavy atom. The monoisotopic (exact) mass is 567 g/mol. The summed E-state index contributed by atoms with van der Waals surface area (Å²) in [5.74, 6) is 1.08. The van der Waals surface area contributed by atoms with Crippen LogP contribution in [-0.2, 0) is 14.6 Å². The van der Waals surface area contributed by atoms with Crippen LogP contribution >= 0.6 is 11.3 Å². The highest BCUT2D eigenvalue weighted by molar-refractivity contribution is 7.92. The predicted octanol–water partition coefficient (Wildman–Crippen LogP) is 5.30. The third kappa shape index (κ3) is 6.21. The molecule has 0 radical (unpaired) electrons. The van der Waals surface area contributed by atoms with Gasteiger partial charge in [-0.15, -0.1) is 0 Å². The number of hydrogen-bond acceptors (Lipinski definition) is 9.